The number of hydrogen-bond acceptors (Lipinski definition) is 10. The molecule has 2 atom stereocenters. The average molecular weight is 768 g/mol. The van der Waals surface area contributed by atoms with Gasteiger partial charge in [-0.05, 0) is 92.0 Å². The fourth-order valence-electron chi connectivity index (χ4n) is 5.27. The molecular weight excluding hydrogens is 710 g/mol. The van der Waals surface area contributed by atoms with Gasteiger partial charge in [0.1, 0.15) is 35.5 Å². The molecule has 2 aromatic carbocycles. The molecule has 302 valence electrons. The summed E-state index contributed by atoms with van der Waals surface area (Å²) in [6.07, 6.45) is -0.677. The fraction of sp³-hybridized carbons (Fsp3) is 0.550. The van der Waals surface area contributed by atoms with E-state index in [9.17, 15) is 28.8 Å². The van der Waals surface area contributed by atoms with Crippen LogP contribution in [0.1, 0.15) is 86.3 Å². The summed E-state index contributed by atoms with van der Waals surface area (Å²) < 4.78 is 21.8. The highest BCUT2D eigenvalue weighted by atomic mass is 16.6. The van der Waals surface area contributed by atoms with E-state index >= 15 is 0 Å². The zero-order valence-corrected chi connectivity index (χ0v) is 33.5. The summed E-state index contributed by atoms with van der Waals surface area (Å²) in [6.45, 7) is 16.8. The number of hydrogen-bond donors (Lipinski definition) is 3. The van der Waals surface area contributed by atoms with Gasteiger partial charge in [0.2, 0.25) is 0 Å². The van der Waals surface area contributed by atoms with E-state index in [1.807, 2.05) is 30.3 Å². The first-order valence-electron chi connectivity index (χ1n) is 18.4. The molecule has 55 heavy (non-hydrogen) atoms. The van der Waals surface area contributed by atoms with Crippen molar-refractivity contribution < 1.29 is 47.7 Å². The summed E-state index contributed by atoms with van der Waals surface area (Å²) in [5.41, 5.74) is -0.418. The molecule has 5 amide bonds. The molecule has 15 nitrogen and oxygen atoms in total. The van der Waals surface area contributed by atoms with Gasteiger partial charge in [-0.15, -0.1) is 0 Å². The number of ether oxygens (including phenoxy) is 4. The first-order valence-corrected chi connectivity index (χ1v) is 18.4. The summed E-state index contributed by atoms with van der Waals surface area (Å²) in [5, 5.41) is 8.03. The minimum atomic E-state index is -1.22. The van der Waals surface area contributed by atoms with Gasteiger partial charge in [-0.25, -0.2) is 24.0 Å². The molecule has 0 aromatic heterocycles. The SMILES string of the molecule is CC(C)(C)OC(=O)CCC(NC(=O)NC(Cc1ccc(NC(=O)N2CCN(C(=O)OCc3ccccc3)CC2)cc1)C(=O)OC(C)(C)C)C(=O)OC(C)(C)C. The normalized spacial score (nSPS) is 14.5. The lowest BCUT2D eigenvalue weighted by atomic mass is 10.0. The Morgan fingerprint density at radius 2 is 1.15 bits per heavy atom. The lowest BCUT2D eigenvalue weighted by molar-refractivity contribution is -0.159. The number of anilines is 1. The van der Waals surface area contributed by atoms with Gasteiger partial charge in [0.05, 0.1) is 0 Å². The third-order valence-electron chi connectivity index (χ3n) is 7.73. The molecule has 1 aliphatic rings. The predicted molar refractivity (Wildman–Crippen MR) is 205 cm³/mol. The highest BCUT2D eigenvalue weighted by Crippen LogP contribution is 2.17. The summed E-state index contributed by atoms with van der Waals surface area (Å²) in [7, 11) is 0. The molecule has 2 aromatic rings. The van der Waals surface area contributed by atoms with E-state index in [1.54, 1.807) is 96.4 Å². The van der Waals surface area contributed by atoms with E-state index in [0.717, 1.165) is 5.56 Å². The van der Waals surface area contributed by atoms with Gasteiger partial charge in [-0.2, -0.15) is 0 Å². The predicted octanol–water partition coefficient (Wildman–Crippen LogP) is 5.56. The number of nitrogens with zero attached hydrogens (tertiary/aromatic N) is 2. The van der Waals surface area contributed by atoms with Crippen molar-refractivity contribution in [2.75, 3.05) is 31.5 Å². The van der Waals surface area contributed by atoms with E-state index < -0.39 is 58.9 Å². The van der Waals surface area contributed by atoms with Crippen molar-refractivity contribution in [2.24, 2.45) is 0 Å². The Hall–Kier alpha value is -5.34. The molecule has 0 spiro atoms. The highest BCUT2D eigenvalue weighted by molar-refractivity contribution is 5.90. The van der Waals surface area contributed by atoms with Crippen molar-refractivity contribution in [1.29, 1.82) is 0 Å². The van der Waals surface area contributed by atoms with Crippen LogP contribution in [-0.4, -0.2) is 101 Å². The van der Waals surface area contributed by atoms with E-state index in [-0.39, 0.29) is 31.9 Å². The van der Waals surface area contributed by atoms with Gasteiger partial charge >= 0.3 is 36.1 Å². The number of esters is 3. The van der Waals surface area contributed by atoms with Crippen molar-refractivity contribution in [3.63, 3.8) is 0 Å². The minimum absolute atomic E-state index is 0.0217. The number of rotatable bonds is 12. The van der Waals surface area contributed by atoms with Gasteiger partial charge < -0.3 is 44.7 Å². The van der Waals surface area contributed by atoms with Gasteiger partial charge in [0.25, 0.3) is 0 Å². The number of piperazine rings is 1. The van der Waals surface area contributed by atoms with E-state index in [0.29, 0.717) is 37.4 Å². The van der Waals surface area contributed by atoms with Gasteiger partial charge in [-0.1, -0.05) is 42.5 Å². The van der Waals surface area contributed by atoms with Gasteiger partial charge in [0, 0.05) is 44.7 Å². The lowest BCUT2D eigenvalue weighted by Crippen LogP contribution is -2.53. The number of benzene rings is 2. The smallest absolute Gasteiger partial charge is 0.410 e. The molecule has 0 bridgehead atoms. The van der Waals surface area contributed by atoms with Crippen LogP contribution < -0.4 is 16.0 Å². The number of carbonyl (C=O) groups excluding carboxylic acids is 6. The highest BCUT2D eigenvalue weighted by Gasteiger charge is 2.32. The Bertz CT molecular complexity index is 1620. The number of carbonyl (C=O) groups is 6. The Labute approximate surface area is 323 Å². The standard InChI is InChI=1S/C40H57N5O10/c1-38(2,3)53-32(46)20-19-30(33(47)54-39(4,5)6)42-35(49)43-31(34(48)55-40(7,8)9)25-27-15-17-29(18-16-27)41-36(50)44-21-23-45(24-22-44)37(51)52-26-28-13-11-10-12-14-28/h10-18,30-31H,19-26H2,1-9H3,(H,41,50)(H2,42,43,49). The molecule has 0 saturated carbocycles. The van der Waals surface area contributed by atoms with Gasteiger partial charge in [0.15, 0.2) is 0 Å². The van der Waals surface area contributed by atoms with Crippen LogP contribution in [-0.2, 0) is 46.4 Å². The summed E-state index contributed by atoms with van der Waals surface area (Å²) in [4.78, 5) is 80.8. The van der Waals surface area contributed by atoms with Crippen LogP contribution >= 0.6 is 0 Å². The molecule has 3 rings (SSSR count). The van der Waals surface area contributed by atoms with E-state index in [4.69, 9.17) is 18.9 Å². The molecule has 1 fully saturated rings. The molecule has 0 radical (unpaired) electrons. The lowest BCUT2D eigenvalue weighted by Gasteiger charge is -2.34. The fourth-order valence-corrected chi connectivity index (χ4v) is 5.27. The first kappa shape index (κ1) is 44.1. The van der Waals surface area contributed by atoms with Crippen molar-refractivity contribution >= 4 is 41.8 Å². The molecule has 3 N–H and O–H groups in total. The molecular formula is C40H57N5O10. The Morgan fingerprint density at radius 3 is 1.69 bits per heavy atom. The Balaban J connectivity index is 1.61. The van der Waals surface area contributed by atoms with Crippen molar-refractivity contribution in [3.8, 4) is 0 Å². The molecule has 1 heterocycles. The monoisotopic (exact) mass is 767 g/mol. The van der Waals surface area contributed by atoms with Crippen LogP contribution in [0.2, 0.25) is 0 Å². The average Bonchev–Trinajstić information content (AvgIpc) is 3.07. The molecule has 0 aliphatic carbocycles. The molecule has 2 unspecified atom stereocenters. The second-order valence-electron chi connectivity index (χ2n) is 16.3. The first-order chi connectivity index (χ1) is 25.6. The van der Waals surface area contributed by atoms with Crippen LogP contribution in [0.4, 0.5) is 20.1 Å². The van der Waals surface area contributed by atoms with Crippen LogP contribution in [0.3, 0.4) is 0 Å². The van der Waals surface area contributed by atoms with Gasteiger partial charge in [-0.3, -0.25) is 4.79 Å². The van der Waals surface area contributed by atoms with E-state index in [1.165, 1.54) is 0 Å². The molecule has 1 saturated heterocycles. The van der Waals surface area contributed by atoms with Crippen LogP contribution in [0, 0.1) is 0 Å². The number of amides is 5. The van der Waals surface area contributed by atoms with Crippen molar-refractivity contribution in [2.45, 2.75) is 117 Å². The van der Waals surface area contributed by atoms with Crippen LogP contribution in [0.15, 0.2) is 54.6 Å². The van der Waals surface area contributed by atoms with E-state index in [2.05, 4.69) is 16.0 Å². The Morgan fingerprint density at radius 1 is 0.636 bits per heavy atom. The maximum Gasteiger partial charge on any atom is 0.410 e. The Kier molecular flexibility index (Phi) is 15.5. The summed E-state index contributed by atoms with van der Waals surface area (Å²) in [5.74, 6) is -2.00. The topological polar surface area (TPSA) is 182 Å². The minimum Gasteiger partial charge on any atom is -0.460 e. The second kappa shape index (κ2) is 19.3. The maximum absolute atomic E-state index is 13.3. The quantitative estimate of drug-likeness (QED) is 0.183. The van der Waals surface area contributed by atoms with Crippen molar-refractivity contribution in [3.05, 3.63) is 65.7 Å². The molecule has 1 aliphatic heterocycles. The summed E-state index contributed by atoms with van der Waals surface area (Å²) >= 11 is 0. The third kappa shape index (κ3) is 16.7. The van der Waals surface area contributed by atoms with Crippen LogP contribution in [0.25, 0.3) is 0 Å². The number of nitrogens with one attached hydrogen (secondary N) is 3. The zero-order valence-electron chi connectivity index (χ0n) is 33.5. The zero-order chi connectivity index (χ0) is 41.0. The summed E-state index contributed by atoms with van der Waals surface area (Å²) in [6, 6.07) is 12.6. The number of urea groups is 2. The largest absolute Gasteiger partial charge is 0.460 e. The van der Waals surface area contributed by atoms with Crippen LogP contribution in [0.5, 0.6) is 0 Å². The maximum atomic E-state index is 13.3. The molecule has 15 heteroatoms. The van der Waals surface area contributed by atoms with Crippen molar-refractivity contribution in [1.82, 2.24) is 20.4 Å². The third-order valence-corrected chi connectivity index (χ3v) is 7.73. The second-order valence-corrected chi connectivity index (χ2v) is 16.3.